The molecule has 34 heavy (non-hydrogen) atoms. The van der Waals surface area contributed by atoms with Crippen LogP contribution in [0.4, 0.5) is 16.2 Å². The largest absolute Gasteiger partial charge is 0.511 e. The van der Waals surface area contributed by atoms with Crippen LogP contribution in [0, 0.1) is 14.1 Å². The quantitative estimate of drug-likeness (QED) is 0.0978. The highest BCUT2D eigenvalue weighted by Gasteiger charge is 2.27. The smallest absolute Gasteiger partial charge is 0.459 e. The van der Waals surface area contributed by atoms with Gasteiger partial charge in [-0.05, 0) is 64.6 Å². The molecular weight excluding hydrogens is 678 g/mol. The highest BCUT2D eigenvalue weighted by atomic mass is 127. The summed E-state index contributed by atoms with van der Waals surface area (Å²) in [5.74, 6) is -2.23. The van der Waals surface area contributed by atoms with Gasteiger partial charge in [0.1, 0.15) is 13.2 Å². The maximum absolute atomic E-state index is 12.9. The zero-order chi connectivity index (χ0) is 26.2. The van der Waals surface area contributed by atoms with Crippen molar-refractivity contribution in [1.82, 2.24) is 0 Å². The van der Waals surface area contributed by atoms with Crippen molar-refractivity contribution < 1.29 is 42.9 Å². The van der Waals surface area contributed by atoms with Gasteiger partial charge < -0.3 is 29.6 Å². The Balaban J connectivity index is 2.96. The summed E-state index contributed by atoms with van der Waals surface area (Å²) in [5.41, 5.74) is 1.49. The number of amides is 2. The molecule has 0 bridgehead atoms. The Labute approximate surface area is 223 Å². The van der Waals surface area contributed by atoms with Gasteiger partial charge in [0.15, 0.2) is 0 Å². The van der Waals surface area contributed by atoms with Crippen molar-refractivity contribution in [2.75, 3.05) is 23.8 Å². The number of carbonyl (C=O) groups excluding carboxylic acids is 5. The average Bonchev–Trinajstić information content (AvgIpc) is 2.71. The summed E-state index contributed by atoms with van der Waals surface area (Å²) >= 11 is 3.76. The van der Waals surface area contributed by atoms with E-state index in [4.69, 9.17) is 18.9 Å². The fourth-order valence-electron chi connectivity index (χ4n) is 2.41. The lowest BCUT2D eigenvalue weighted by Gasteiger charge is -2.21. The Morgan fingerprint density at radius 1 is 0.882 bits per heavy atom. The summed E-state index contributed by atoms with van der Waals surface area (Å²) in [6, 6.07) is 0. The normalized spacial score (nSPS) is 11.0. The van der Waals surface area contributed by atoms with E-state index in [-0.39, 0.29) is 36.2 Å². The standard InChI is InChI=1S/C21H24I2N2O9/c1-9(2)19(28)31-7-8-32-21(30)34-13(6)33-20(29)14-15(22)17(24-11(4)26)10(3)18(16(14)23)25-12(5)27/h13H,1,7-8H2,2-6H3,(H,24,26)(H,25,27). The number of hydrogen-bond acceptors (Lipinski definition) is 9. The molecule has 0 radical (unpaired) electrons. The average molecular weight is 702 g/mol. The molecule has 13 heteroatoms. The van der Waals surface area contributed by atoms with Crippen molar-refractivity contribution in [2.45, 2.75) is 40.9 Å². The highest BCUT2D eigenvalue weighted by Crippen LogP contribution is 2.38. The van der Waals surface area contributed by atoms with Crippen LogP contribution < -0.4 is 10.6 Å². The molecule has 0 fully saturated rings. The fourth-order valence-corrected chi connectivity index (χ4v) is 4.99. The zero-order valence-electron chi connectivity index (χ0n) is 19.1. The van der Waals surface area contributed by atoms with Crippen LogP contribution in [0.15, 0.2) is 12.2 Å². The summed E-state index contributed by atoms with van der Waals surface area (Å²) in [6.45, 7) is 10.0. The number of nitrogens with one attached hydrogen (secondary N) is 2. The maximum Gasteiger partial charge on any atom is 0.511 e. The highest BCUT2D eigenvalue weighted by molar-refractivity contribution is 14.1. The second kappa shape index (κ2) is 13.5. The molecule has 0 aromatic heterocycles. The van der Waals surface area contributed by atoms with E-state index in [0.29, 0.717) is 24.1 Å². The van der Waals surface area contributed by atoms with Gasteiger partial charge in [0.05, 0.1) is 24.1 Å². The molecular formula is C21H24I2N2O9. The molecule has 1 unspecified atom stereocenters. The SMILES string of the molecule is C=C(C)C(=O)OCCOC(=O)OC(C)OC(=O)c1c(I)c(NC(C)=O)c(C)c(NC(C)=O)c1I. The molecule has 1 atom stereocenters. The van der Waals surface area contributed by atoms with E-state index in [1.165, 1.54) is 27.7 Å². The van der Waals surface area contributed by atoms with Crippen molar-refractivity contribution in [3.63, 3.8) is 0 Å². The van der Waals surface area contributed by atoms with Gasteiger partial charge in [0.2, 0.25) is 18.1 Å². The number of halogens is 2. The number of hydrogen-bond donors (Lipinski definition) is 2. The molecule has 0 aliphatic heterocycles. The monoisotopic (exact) mass is 702 g/mol. The van der Waals surface area contributed by atoms with Crippen molar-refractivity contribution in [2.24, 2.45) is 0 Å². The van der Waals surface area contributed by atoms with Crippen molar-refractivity contribution >= 4 is 86.5 Å². The Bertz CT molecular complexity index is 981. The number of carbonyl (C=O) groups is 5. The zero-order valence-corrected chi connectivity index (χ0v) is 23.4. The molecule has 1 aromatic carbocycles. The Morgan fingerprint density at radius 2 is 1.35 bits per heavy atom. The van der Waals surface area contributed by atoms with Crippen LogP contribution in [0.5, 0.6) is 0 Å². The van der Waals surface area contributed by atoms with Crippen molar-refractivity contribution in [3.05, 3.63) is 30.4 Å². The molecule has 0 heterocycles. The van der Waals surface area contributed by atoms with Crippen molar-refractivity contribution in [1.29, 1.82) is 0 Å². The van der Waals surface area contributed by atoms with Crippen LogP contribution in [0.3, 0.4) is 0 Å². The molecule has 0 saturated carbocycles. The molecule has 0 aliphatic rings. The Kier molecular flexibility index (Phi) is 11.7. The lowest BCUT2D eigenvalue weighted by molar-refractivity contribution is -0.140. The molecule has 1 rings (SSSR count). The van der Waals surface area contributed by atoms with Crippen LogP contribution in [-0.4, -0.2) is 49.4 Å². The number of rotatable bonds is 9. The molecule has 0 saturated heterocycles. The fraction of sp³-hybridized carbons (Fsp3) is 0.381. The minimum atomic E-state index is -1.33. The van der Waals surface area contributed by atoms with Crippen LogP contribution >= 0.6 is 45.2 Å². The van der Waals surface area contributed by atoms with Gasteiger partial charge in [0.25, 0.3) is 0 Å². The topological polar surface area (TPSA) is 146 Å². The number of esters is 2. The van der Waals surface area contributed by atoms with E-state index in [0.717, 1.165) is 0 Å². The molecule has 2 N–H and O–H groups in total. The van der Waals surface area contributed by atoms with Crippen LogP contribution in [-0.2, 0) is 33.3 Å². The lowest BCUT2D eigenvalue weighted by Crippen LogP contribution is -2.25. The second-order valence-electron chi connectivity index (χ2n) is 6.85. The molecule has 0 spiro atoms. The molecule has 2 amide bonds. The van der Waals surface area contributed by atoms with E-state index in [2.05, 4.69) is 17.2 Å². The molecule has 0 aliphatic carbocycles. The minimum Gasteiger partial charge on any atom is -0.459 e. The third-order valence-electron chi connectivity index (χ3n) is 3.85. The predicted octanol–water partition coefficient (Wildman–Crippen LogP) is 3.90. The molecule has 1 aromatic rings. The second-order valence-corrected chi connectivity index (χ2v) is 9.00. The van der Waals surface area contributed by atoms with Gasteiger partial charge in [0, 0.05) is 26.3 Å². The summed E-state index contributed by atoms with van der Waals surface area (Å²) in [4.78, 5) is 59.3. The first-order valence-corrected chi connectivity index (χ1v) is 11.9. The first kappa shape index (κ1) is 29.6. The minimum absolute atomic E-state index is 0.0647. The first-order chi connectivity index (χ1) is 15.8. The van der Waals surface area contributed by atoms with Crippen LogP contribution in [0.25, 0.3) is 0 Å². The van der Waals surface area contributed by atoms with Gasteiger partial charge in [-0.1, -0.05) is 6.58 Å². The van der Waals surface area contributed by atoms with Gasteiger partial charge >= 0.3 is 18.1 Å². The Morgan fingerprint density at radius 3 is 1.79 bits per heavy atom. The summed E-state index contributed by atoms with van der Waals surface area (Å²) < 4.78 is 20.4. The van der Waals surface area contributed by atoms with Gasteiger partial charge in [-0.25, -0.2) is 14.4 Å². The number of benzene rings is 1. The number of anilines is 2. The van der Waals surface area contributed by atoms with E-state index in [1.54, 1.807) is 6.92 Å². The van der Waals surface area contributed by atoms with Crippen LogP contribution in [0.1, 0.15) is 43.6 Å². The van der Waals surface area contributed by atoms with Crippen LogP contribution in [0.2, 0.25) is 0 Å². The van der Waals surface area contributed by atoms with Gasteiger partial charge in [-0.2, -0.15) is 0 Å². The van der Waals surface area contributed by atoms with E-state index in [1.807, 2.05) is 45.2 Å². The van der Waals surface area contributed by atoms with Gasteiger partial charge in [-0.3, -0.25) is 9.59 Å². The van der Waals surface area contributed by atoms with Gasteiger partial charge in [-0.15, -0.1) is 0 Å². The third kappa shape index (κ3) is 8.73. The first-order valence-electron chi connectivity index (χ1n) is 9.69. The third-order valence-corrected chi connectivity index (χ3v) is 6.01. The molecule has 11 nitrogen and oxygen atoms in total. The van der Waals surface area contributed by atoms with E-state index < -0.39 is 24.4 Å². The van der Waals surface area contributed by atoms with E-state index >= 15 is 0 Å². The summed E-state index contributed by atoms with van der Waals surface area (Å²) in [7, 11) is 0. The number of ether oxygens (including phenoxy) is 4. The lowest BCUT2D eigenvalue weighted by atomic mass is 10.1. The van der Waals surface area contributed by atoms with Crippen molar-refractivity contribution in [3.8, 4) is 0 Å². The predicted molar refractivity (Wildman–Crippen MR) is 138 cm³/mol. The maximum atomic E-state index is 12.9. The Hall–Kier alpha value is -2.43. The molecule has 186 valence electrons. The summed E-state index contributed by atoms with van der Waals surface area (Å²) in [5, 5.41) is 5.30. The van der Waals surface area contributed by atoms with E-state index in [9.17, 15) is 24.0 Å². The summed E-state index contributed by atoms with van der Waals surface area (Å²) in [6.07, 6.45) is -2.47.